The Balaban J connectivity index is 2.90. The summed E-state index contributed by atoms with van der Waals surface area (Å²) >= 11 is 5.53. The topological polar surface area (TPSA) is 18.5 Å². The van der Waals surface area contributed by atoms with E-state index in [0.29, 0.717) is 5.88 Å². The molecule has 0 spiro atoms. The van der Waals surface area contributed by atoms with E-state index in [1.807, 2.05) is 6.08 Å². The molecule has 3 heteroatoms. The van der Waals surface area contributed by atoms with Gasteiger partial charge in [0.25, 0.3) is 0 Å². The van der Waals surface area contributed by atoms with Crippen LogP contribution < -0.4 is 0 Å². The molecule has 0 N–H and O–H groups in total. The summed E-state index contributed by atoms with van der Waals surface area (Å²) in [5, 5.41) is 0. The highest BCUT2D eigenvalue weighted by Gasteiger charge is 1.91. The third-order valence-corrected chi connectivity index (χ3v) is 2.65. The van der Waals surface area contributed by atoms with Crippen LogP contribution in [0.5, 0.6) is 0 Å². The summed E-state index contributed by atoms with van der Waals surface area (Å²) < 4.78 is 0. The van der Waals surface area contributed by atoms with Crippen LogP contribution in [0.25, 0.3) is 0 Å². The van der Waals surface area contributed by atoms with Crippen molar-refractivity contribution in [2.75, 3.05) is 19.6 Å². The molecule has 2 nitrogen and oxygen atoms in total. The molecule has 0 aliphatic heterocycles. The van der Waals surface area contributed by atoms with E-state index in [4.69, 9.17) is 16.5 Å². The maximum atomic E-state index is 5.53. The van der Waals surface area contributed by atoms with E-state index in [1.54, 1.807) is 7.11 Å². The monoisotopic (exact) mass is 248 g/mol. The van der Waals surface area contributed by atoms with Crippen LogP contribution in [0.4, 0.5) is 0 Å². The molecule has 16 heavy (non-hydrogen) atoms. The van der Waals surface area contributed by atoms with E-state index >= 15 is 0 Å². The maximum absolute atomic E-state index is 5.53. The lowest BCUT2D eigenvalue weighted by Gasteiger charge is -2.01. The minimum atomic E-state index is 0.642. The first-order chi connectivity index (χ1) is 7.91. The zero-order chi connectivity index (χ0) is 11.9. The molecule has 0 atom stereocenters. The zero-order valence-electron chi connectivity index (χ0n) is 10.4. The second kappa shape index (κ2) is 14.9. The Hall–Kier alpha value is -0.0500. The molecule has 0 aliphatic carbocycles. The molecule has 0 unspecified atom stereocenters. The Kier molecular flexibility index (Phi) is 14.9. The zero-order valence-corrected chi connectivity index (χ0v) is 11.2. The molecule has 0 aliphatic rings. The van der Waals surface area contributed by atoms with Crippen molar-refractivity contribution in [1.29, 1.82) is 0 Å². The number of alkyl halides is 1. The van der Waals surface area contributed by atoms with Gasteiger partial charge >= 0.3 is 0 Å². The Morgan fingerprint density at radius 1 is 0.875 bits per heavy atom. The van der Waals surface area contributed by atoms with Crippen molar-refractivity contribution >= 4 is 11.6 Å². The van der Waals surface area contributed by atoms with Crippen molar-refractivity contribution in [3.05, 3.63) is 12.2 Å². The fourth-order valence-corrected chi connectivity index (χ4v) is 1.70. The van der Waals surface area contributed by atoms with E-state index < -0.39 is 0 Å². The predicted molar refractivity (Wildman–Crippen MR) is 69.8 cm³/mol. The molecule has 0 aromatic carbocycles. The highest BCUT2D eigenvalue weighted by molar-refractivity contribution is 6.18. The van der Waals surface area contributed by atoms with Crippen molar-refractivity contribution in [2.24, 2.45) is 0 Å². The molecule has 96 valence electrons. The normalized spacial score (nSPS) is 11.4. The van der Waals surface area contributed by atoms with Gasteiger partial charge in [0.05, 0.1) is 13.7 Å². The number of allylic oxidation sites excluding steroid dienone is 2. The van der Waals surface area contributed by atoms with Crippen LogP contribution in [0.15, 0.2) is 12.2 Å². The van der Waals surface area contributed by atoms with E-state index in [1.165, 1.54) is 44.9 Å². The van der Waals surface area contributed by atoms with Crippen molar-refractivity contribution in [3.63, 3.8) is 0 Å². The Morgan fingerprint density at radius 3 is 2.12 bits per heavy atom. The fraction of sp³-hybridized carbons (Fsp3) is 0.846. The van der Waals surface area contributed by atoms with Gasteiger partial charge < -0.3 is 0 Å². The van der Waals surface area contributed by atoms with Crippen LogP contribution in [0.2, 0.25) is 0 Å². The van der Waals surface area contributed by atoms with E-state index in [-0.39, 0.29) is 0 Å². The van der Waals surface area contributed by atoms with Crippen LogP contribution in [0.1, 0.15) is 51.4 Å². The summed E-state index contributed by atoms with van der Waals surface area (Å²) in [6.45, 7) is 0.722. The largest absolute Gasteiger partial charge is 0.240 e. The molecule has 0 heterocycles. The molecule has 0 amide bonds. The molecule has 0 saturated carbocycles. The number of unbranched alkanes of at least 4 members (excludes halogenated alkanes) is 7. The van der Waals surface area contributed by atoms with Gasteiger partial charge in [-0.1, -0.05) is 44.3 Å². The summed E-state index contributed by atoms with van der Waals surface area (Å²) in [7, 11) is 1.55. The maximum Gasteiger partial charge on any atom is 0.0822 e. The molecule has 0 fully saturated rings. The lowest BCUT2D eigenvalue weighted by atomic mass is 10.1. The molecule has 0 bridgehead atoms. The van der Waals surface area contributed by atoms with Gasteiger partial charge in [-0.3, -0.25) is 0 Å². The van der Waals surface area contributed by atoms with Gasteiger partial charge in [-0.05, 0) is 19.3 Å². The quantitative estimate of drug-likeness (QED) is 0.167. The number of hydrogen-bond donors (Lipinski definition) is 0. The predicted octanol–water partition coefficient (Wildman–Crippen LogP) is 4.48. The second-order valence-electron chi connectivity index (χ2n) is 3.88. The van der Waals surface area contributed by atoms with Crippen LogP contribution in [0.3, 0.4) is 0 Å². The molecule has 0 aromatic heterocycles. The summed E-state index contributed by atoms with van der Waals surface area (Å²) in [6.07, 6.45) is 14.3. The molecular formula is C13H25ClO2. The summed E-state index contributed by atoms with van der Waals surface area (Å²) in [5.74, 6) is 0.642. The lowest BCUT2D eigenvalue weighted by Crippen LogP contribution is -1.92. The van der Waals surface area contributed by atoms with Gasteiger partial charge in [-0.25, -0.2) is 9.78 Å². The summed E-state index contributed by atoms with van der Waals surface area (Å²) in [5.41, 5.74) is 0. The standard InChI is InChI=1S/C13H25ClO2/c1-15-16-13-11-9-7-5-3-2-4-6-8-10-12-14/h8,10H,2-7,9,11-13H2,1H3/b10-8-. The molecule has 0 aromatic rings. The average Bonchev–Trinajstić information content (AvgIpc) is 2.31. The first-order valence-electron chi connectivity index (χ1n) is 6.28. The summed E-state index contributed by atoms with van der Waals surface area (Å²) in [4.78, 5) is 9.32. The fourth-order valence-electron chi connectivity index (χ4n) is 1.57. The van der Waals surface area contributed by atoms with Crippen LogP contribution in [-0.4, -0.2) is 19.6 Å². The highest BCUT2D eigenvalue weighted by atomic mass is 35.5. The van der Waals surface area contributed by atoms with Crippen molar-refractivity contribution in [1.82, 2.24) is 0 Å². The summed E-state index contributed by atoms with van der Waals surface area (Å²) in [6, 6.07) is 0. The van der Waals surface area contributed by atoms with Crippen molar-refractivity contribution in [3.8, 4) is 0 Å². The highest BCUT2D eigenvalue weighted by Crippen LogP contribution is 2.08. The van der Waals surface area contributed by atoms with Gasteiger partial charge in [-0.15, -0.1) is 11.6 Å². The molecule has 0 saturated heterocycles. The van der Waals surface area contributed by atoms with Gasteiger partial charge in [-0.2, -0.15) is 0 Å². The average molecular weight is 249 g/mol. The van der Waals surface area contributed by atoms with E-state index in [9.17, 15) is 0 Å². The van der Waals surface area contributed by atoms with Gasteiger partial charge in [0, 0.05) is 5.88 Å². The second-order valence-corrected chi connectivity index (χ2v) is 4.19. The van der Waals surface area contributed by atoms with Gasteiger partial charge in [0.2, 0.25) is 0 Å². The molecule has 0 radical (unpaired) electrons. The Bertz CT molecular complexity index is 149. The SMILES string of the molecule is COOCCCCCCCCC/C=C\CCl. The van der Waals surface area contributed by atoms with Crippen LogP contribution in [0, 0.1) is 0 Å². The number of rotatable bonds is 12. The van der Waals surface area contributed by atoms with E-state index in [2.05, 4.69) is 11.0 Å². The van der Waals surface area contributed by atoms with Crippen molar-refractivity contribution < 1.29 is 9.78 Å². The number of hydrogen-bond acceptors (Lipinski definition) is 2. The van der Waals surface area contributed by atoms with Crippen LogP contribution in [-0.2, 0) is 9.78 Å². The molecule has 0 rings (SSSR count). The molecular weight excluding hydrogens is 224 g/mol. The first kappa shape index (κ1) is 16.0. The Labute approximate surface area is 105 Å². The van der Waals surface area contributed by atoms with Gasteiger partial charge in [0.15, 0.2) is 0 Å². The minimum absolute atomic E-state index is 0.642. The first-order valence-corrected chi connectivity index (χ1v) is 6.82. The van der Waals surface area contributed by atoms with Crippen LogP contribution >= 0.6 is 11.6 Å². The number of halogens is 1. The van der Waals surface area contributed by atoms with Gasteiger partial charge in [0.1, 0.15) is 0 Å². The third kappa shape index (κ3) is 13.9. The van der Waals surface area contributed by atoms with Crippen molar-refractivity contribution in [2.45, 2.75) is 51.4 Å². The minimum Gasteiger partial charge on any atom is -0.240 e. The lowest BCUT2D eigenvalue weighted by molar-refractivity contribution is -0.272. The third-order valence-electron chi connectivity index (χ3n) is 2.47. The smallest absolute Gasteiger partial charge is 0.0822 e. The Morgan fingerprint density at radius 2 is 1.50 bits per heavy atom. The van der Waals surface area contributed by atoms with E-state index in [0.717, 1.165) is 13.0 Å².